The minimum Gasteiger partial charge on any atom is -0.375 e. The van der Waals surface area contributed by atoms with Crippen LogP contribution >= 0.6 is 11.3 Å². The number of rotatable bonds is 1. The molecule has 98 valence electrons. The number of thiazole rings is 1. The standard InChI is InChI=1S/C14H15N3OS/c1-8-7-10-5-3-4-6-11(10)17(8)13(18)12-9(2)16-14(15)19-12/h3-6,8H,7H2,1-2H3,(H2,15,16). The van der Waals surface area contributed by atoms with Crippen molar-refractivity contribution in [3.8, 4) is 0 Å². The Labute approximate surface area is 115 Å². The number of anilines is 2. The molecule has 2 N–H and O–H groups in total. The zero-order valence-electron chi connectivity index (χ0n) is 10.9. The molecule has 1 atom stereocenters. The van der Waals surface area contributed by atoms with Crippen LogP contribution in [0.4, 0.5) is 10.8 Å². The molecule has 0 fully saturated rings. The van der Waals surface area contributed by atoms with E-state index in [1.165, 1.54) is 16.9 Å². The molecule has 0 spiro atoms. The Morgan fingerprint density at radius 2 is 2.21 bits per heavy atom. The first-order valence-electron chi connectivity index (χ1n) is 6.22. The molecule has 1 aromatic carbocycles. The topological polar surface area (TPSA) is 59.2 Å². The van der Waals surface area contributed by atoms with E-state index in [1.54, 1.807) is 0 Å². The third-order valence-corrected chi connectivity index (χ3v) is 4.41. The molecule has 0 bridgehead atoms. The Morgan fingerprint density at radius 1 is 1.47 bits per heavy atom. The average molecular weight is 273 g/mol. The van der Waals surface area contributed by atoms with Crippen molar-refractivity contribution >= 4 is 28.1 Å². The van der Waals surface area contributed by atoms with Gasteiger partial charge in [0.1, 0.15) is 4.88 Å². The van der Waals surface area contributed by atoms with Gasteiger partial charge in [0, 0.05) is 11.7 Å². The van der Waals surface area contributed by atoms with Crippen LogP contribution in [-0.2, 0) is 6.42 Å². The Balaban J connectivity index is 2.03. The van der Waals surface area contributed by atoms with E-state index in [2.05, 4.69) is 18.0 Å². The lowest BCUT2D eigenvalue weighted by Crippen LogP contribution is -2.35. The average Bonchev–Trinajstić information content (AvgIpc) is 2.87. The Hall–Kier alpha value is -1.88. The number of fused-ring (bicyclic) bond motifs is 1. The number of benzene rings is 1. The second kappa shape index (κ2) is 4.35. The molecule has 1 aliphatic rings. The maximum absolute atomic E-state index is 12.7. The summed E-state index contributed by atoms with van der Waals surface area (Å²) in [6.07, 6.45) is 0.898. The molecule has 1 amide bonds. The summed E-state index contributed by atoms with van der Waals surface area (Å²) in [4.78, 5) is 19.3. The lowest BCUT2D eigenvalue weighted by atomic mass is 10.1. The van der Waals surface area contributed by atoms with Gasteiger partial charge in [-0.1, -0.05) is 29.5 Å². The summed E-state index contributed by atoms with van der Waals surface area (Å²) in [5.41, 5.74) is 8.62. The van der Waals surface area contributed by atoms with Gasteiger partial charge >= 0.3 is 0 Å². The number of carbonyl (C=O) groups is 1. The van der Waals surface area contributed by atoms with Crippen molar-refractivity contribution in [3.63, 3.8) is 0 Å². The van der Waals surface area contributed by atoms with Gasteiger partial charge in [-0.3, -0.25) is 4.79 Å². The molecule has 4 nitrogen and oxygen atoms in total. The number of para-hydroxylation sites is 1. The number of hydrogen-bond donors (Lipinski definition) is 1. The maximum Gasteiger partial charge on any atom is 0.270 e. The number of aryl methyl sites for hydroxylation is 1. The molecule has 5 heteroatoms. The van der Waals surface area contributed by atoms with E-state index in [4.69, 9.17) is 5.73 Å². The van der Waals surface area contributed by atoms with Crippen LogP contribution in [0.2, 0.25) is 0 Å². The predicted octanol–water partition coefficient (Wildman–Crippen LogP) is 2.63. The fourth-order valence-corrected chi connectivity index (χ4v) is 3.37. The lowest BCUT2D eigenvalue weighted by Gasteiger charge is -2.22. The van der Waals surface area contributed by atoms with E-state index >= 15 is 0 Å². The number of hydrogen-bond acceptors (Lipinski definition) is 4. The smallest absolute Gasteiger partial charge is 0.270 e. The number of amides is 1. The van der Waals surface area contributed by atoms with E-state index in [1.807, 2.05) is 30.0 Å². The van der Waals surface area contributed by atoms with E-state index in [9.17, 15) is 4.79 Å². The molecule has 3 rings (SSSR count). The molecular formula is C14H15N3OS. The largest absolute Gasteiger partial charge is 0.375 e. The number of nitrogen functional groups attached to an aromatic ring is 1. The third kappa shape index (κ3) is 1.90. The van der Waals surface area contributed by atoms with Crippen LogP contribution < -0.4 is 10.6 Å². The van der Waals surface area contributed by atoms with Crippen LogP contribution in [0.3, 0.4) is 0 Å². The van der Waals surface area contributed by atoms with E-state index < -0.39 is 0 Å². The van der Waals surface area contributed by atoms with E-state index in [-0.39, 0.29) is 11.9 Å². The van der Waals surface area contributed by atoms with Crippen molar-refractivity contribution < 1.29 is 4.79 Å². The summed E-state index contributed by atoms with van der Waals surface area (Å²) in [6.45, 7) is 3.89. The Kier molecular flexibility index (Phi) is 2.78. The second-order valence-corrected chi connectivity index (χ2v) is 5.85. The highest BCUT2D eigenvalue weighted by molar-refractivity contribution is 7.17. The highest BCUT2D eigenvalue weighted by atomic mass is 32.1. The van der Waals surface area contributed by atoms with Crippen molar-refractivity contribution in [1.82, 2.24) is 4.98 Å². The first kappa shape index (κ1) is 12.2. The van der Waals surface area contributed by atoms with Crippen LogP contribution in [0, 0.1) is 6.92 Å². The van der Waals surface area contributed by atoms with Crippen LogP contribution in [-0.4, -0.2) is 16.9 Å². The predicted molar refractivity (Wildman–Crippen MR) is 77.7 cm³/mol. The van der Waals surface area contributed by atoms with Gasteiger partial charge in [-0.05, 0) is 31.9 Å². The summed E-state index contributed by atoms with van der Waals surface area (Å²) in [5.74, 6) is 0.00384. The molecule has 0 saturated carbocycles. The number of carbonyl (C=O) groups excluding carboxylic acids is 1. The lowest BCUT2D eigenvalue weighted by molar-refractivity contribution is 0.0984. The first-order chi connectivity index (χ1) is 9.08. The summed E-state index contributed by atoms with van der Waals surface area (Å²) >= 11 is 1.26. The van der Waals surface area contributed by atoms with Crippen molar-refractivity contribution in [3.05, 3.63) is 40.4 Å². The maximum atomic E-state index is 12.7. The van der Waals surface area contributed by atoms with Gasteiger partial charge in [-0.15, -0.1) is 0 Å². The molecule has 2 aromatic rings. The molecule has 1 aliphatic heterocycles. The zero-order valence-corrected chi connectivity index (χ0v) is 11.7. The van der Waals surface area contributed by atoms with Crippen molar-refractivity contribution in [1.29, 1.82) is 0 Å². The fraction of sp³-hybridized carbons (Fsp3) is 0.286. The van der Waals surface area contributed by atoms with Crippen molar-refractivity contribution in [2.24, 2.45) is 0 Å². The summed E-state index contributed by atoms with van der Waals surface area (Å²) < 4.78 is 0. The van der Waals surface area contributed by atoms with Crippen LogP contribution in [0.15, 0.2) is 24.3 Å². The Morgan fingerprint density at radius 3 is 2.89 bits per heavy atom. The molecule has 0 radical (unpaired) electrons. The summed E-state index contributed by atoms with van der Waals surface area (Å²) in [6, 6.07) is 8.22. The second-order valence-electron chi connectivity index (χ2n) is 4.82. The molecule has 0 saturated heterocycles. The first-order valence-corrected chi connectivity index (χ1v) is 7.04. The summed E-state index contributed by atoms with van der Waals surface area (Å²) in [5, 5.41) is 0.445. The van der Waals surface area contributed by atoms with Gasteiger partial charge in [-0.2, -0.15) is 0 Å². The highest BCUT2D eigenvalue weighted by Crippen LogP contribution is 2.34. The zero-order chi connectivity index (χ0) is 13.6. The Bertz CT molecular complexity index is 650. The SMILES string of the molecule is Cc1nc(N)sc1C(=O)N1c2ccccc2CC1C. The van der Waals surface area contributed by atoms with Gasteiger partial charge in [0.15, 0.2) is 5.13 Å². The molecule has 1 aromatic heterocycles. The monoisotopic (exact) mass is 273 g/mol. The normalized spacial score (nSPS) is 17.6. The number of nitrogens with two attached hydrogens (primary N) is 1. The minimum absolute atomic E-state index is 0.00384. The van der Waals surface area contributed by atoms with Gasteiger partial charge in [0.05, 0.1) is 5.69 Å². The molecule has 2 heterocycles. The van der Waals surface area contributed by atoms with E-state index in [0.29, 0.717) is 15.7 Å². The van der Waals surface area contributed by atoms with Gasteiger partial charge in [0.25, 0.3) is 5.91 Å². The van der Waals surface area contributed by atoms with E-state index in [0.717, 1.165) is 12.1 Å². The molecule has 0 aliphatic carbocycles. The summed E-state index contributed by atoms with van der Waals surface area (Å²) in [7, 11) is 0. The fourth-order valence-electron chi connectivity index (χ4n) is 2.60. The van der Waals surface area contributed by atoms with Gasteiger partial charge in [-0.25, -0.2) is 4.98 Å². The highest BCUT2D eigenvalue weighted by Gasteiger charge is 2.32. The van der Waals surface area contributed by atoms with Crippen LogP contribution in [0.25, 0.3) is 0 Å². The molecular weight excluding hydrogens is 258 g/mol. The number of nitrogens with zero attached hydrogens (tertiary/aromatic N) is 2. The van der Waals surface area contributed by atoms with Crippen molar-refractivity contribution in [2.45, 2.75) is 26.3 Å². The molecule has 1 unspecified atom stereocenters. The van der Waals surface area contributed by atoms with Crippen LogP contribution in [0.5, 0.6) is 0 Å². The van der Waals surface area contributed by atoms with Gasteiger partial charge in [0.2, 0.25) is 0 Å². The van der Waals surface area contributed by atoms with Crippen LogP contribution in [0.1, 0.15) is 27.9 Å². The third-order valence-electron chi connectivity index (χ3n) is 3.43. The quantitative estimate of drug-likeness (QED) is 0.869. The van der Waals surface area contributed by atoms with Crippen molar-refractivity contribution in [2.75, 3.05) is 10.6 Å². The minimum atomic E-state index is 0.00384. The number of aromatic nitrogens is 1. The van der Waals surface area contributed by atoms with Gasteiger partial charge < -0.3 is 10.6 Å². The molecule has 19 heavy (non-hydrogen) atoms.